The summed E-state index contributed by atoms with van der Waals surface area (Å²) in [4.78, 5) is 19.5. The minimum absolute atomic E-state index is 0.0983. The summed E-state index contributed by atoms with van der Waals surface area (Å²) in [6, 6.07) is 8.27. The van der Waals surface area contributed by atoms with Crippen molar-refractivity contribution >= 4 is 29.0 Å². The van der Waals surface area contributed by atoms with Crippen LogP contribution in [-0.2, 0) is 4.79 Å². The summed E-state index contributed by atoms with van der Waals surface area (Å²) in [5, 5.41) is 0. The van der Waals surface area contributed by atoms with Crippen LogP contribution in [0.1, 0.15) is 25.6 Å². The van der Waals surface area contributed by atoms with E-state index in [2.05, 4.69) is 35.5 Å². The first-order chi connectivity index (χ1) is 9.81. The summed E-state index contributed by atoms with van der Waals surface area (Å²) >= 11 is 3.25. The number of hydrogen-bond acceptors (Lipinski definition) is 3. The van der Waals surface area contributed by atoms with Crippen molar-refractivity contribution in [3.05, 3.63) is 40.1 Å². The van der Waals surface area contributed by atoms with Gasteiger partial charge in [-0.05, 0) is 37.4 Å². The Kier molecular flexibility index (Phi) is 4.74. The Bertz CT molecular complexity index is 703. The standard InChI is InChI=1S/C16H20N2OS2/c1-11-10-18(12-6-8-13(20-5)9-7-12)15(21-11)17-14(19)16(2,3)4/h6-10H,1-5H3/b17-15-. The fraction of sp³-hybridized carbons (Fsp3) is 0.375. The molecule has 5 heteroatoms. The number of nitrogens with zero attached hydrogens (tertiary/aromatic N) is 2. The first kappa shape index (κ1) is 16.0. The largest absolute Gasteiger partial charge is 0.292 e. The number of amides is 1. The van der Waals surface area contributed by atoms with Crippen molar-refractivity contribution in [2.24, 2.45) is 10.4 Å². The van der Waals surface area contributed by atoms with Crippen molar-refractivity contribution < 1.29 is 4.79 Å². The lowest BCUT2D eigenvalue weighted by molar-refractivity contribution is -0.125. The highest BCUT2D eigenvalue weighted by molar-refractivity contribution is 7.98. The second-order valence-electron chi connectivity index (χ2n) is 5.86. The molecule has 2 aromatic rings. The molecule has 0 aliphatic rings. The van der Waals surface area contributed by atoms with Gasteiger partial charge in [-0.15, -0.1) is 23.1 Å². The van der Waals surface area contributed by atoms with Crippen molar-refractivity contribution in [1.29, 1.82) is 0 Å². The third kappa shape index (κ3) is 3.86. The van der Waals surface area contributed by atoms with E-state index in [-0.39, 0.29) is 5.91 Å². The van der Waals surface area contributed by atoms with E-state index in [9.17, 15) is 4.79 Å². The Morgan fingerprint density at radius 2 is 1.86 bits per heavy atom. The number of rotatable bonds is 2. The highest BCUT2D eigenvalue weighted by Gasteiger charge is 2.20. The molecule has 0 saturated carbocycles. The Morgan fingerprint density at radius 1 is 1.24 bits per heavy atom. The fourth-order valence-electron chi connectivity index (χ4n) is 1.72. The monoisotopic (exact) mass is 320 g/mol. The van der Waals surface area contributed by atoms with Crippen molar-refractivity contribution in [3.63, 3.8) is 0 Å². The molecule has 1 aromatic heterocycles. The summed E-state index contributed by atoms with van der Waals surface area (Å²) in [7, 11) is 0. The fourth-order valence-corrected chi connectivity index (χ4v) is 2.95. The second kappa shape index (κ2) is 6.20. The summed E-state index contributed by atoms with van der Waals surface area (Å²) in [5.41, 5.74) is 0.566. The molecule has 0 unspecified atom stereocenters. The number of thioether (sulfide) groups is 1. The minimum atomic E-state index is -0.460. The average molecular weight is 320 g/mol. The zero-order valence-corrected chi connectivity index (χ0v) is 14.6. The quantitative estimate of drug-likeness (QED) is 0.783. The summed E-state index contributed by atoms with van der Waals surface area (Å²) in [6.45, 7) is 7.68. The van der Waals surface area contributed by atoms with Crippen molar-refractivity contribution in [3.8, 4) is 5.69 Å². The van der Waals surface area contributed by atoms with Gasteiger partial charge < -0.3 is 0 Å². The number of thiazole rings is 1. The van der Waals surface area contributed by atoms with Gasteiger partial charge in [-0.25, -0.2) is 0 Å². The summed E-state index contributed by atoms with van der Waals surface area (Å²) in [6.07, 6.45) is 4.08. The molecule has 2 rings (SSSR count). The molecule has 21 heavy (non-hydrogen) atoms. The lowest BCUT2D eigenvalue weighted by Crippen LogP contribution is -2.22. The molecule has 0 bridgehead atoms. The van der Waals surface area contributed by atoms with Crippen LogP contribution in [0.15, 0.2) is 40.4 Å². The predicted molar refractivity (Wildman–Crippen MR) is 90.2 cm³/mol. The van der Waals surface area contributed by atoms with Crippen LogP contribution in [0.3, 0.4) is 0 Å². The van der Waals surface area contributed by atoms with E-state index >= 15 is 0 Å². The zero-order chi connectivity index (χ0) is 15.6. The van der Waals surface area contributed by atoms with E-state index < -0.39 is 5.41 Å². The van der Waals surface area contributed by atoms with Gasteiger partial charge in [0.05, 0.1) is 0 Å². The maximum Gasteiger partial charge on any atom is 0.253 e. The highest BCUT2D eigenvalue weighted by Crippen LogP contribution is 2.18. The van der Waals surface area contributed by atoms with Crippen LogP contribution in [0.5, 0.6) is 0 Å². The molecule has 0 atom stereocenters. The Hall–Kier alpha value is -1.33. The van der Waals surface area contributed by atoms with Gasteiger partial charge in [0, 0.05) is 27.1 Å². The first-order valence-electron chi connectivity index (χ1n) is 6.74. The highest BCUT2D eigenvalue weighted by atomic mass is 32.2. The topological polar surface area (TPSA) is 34.4 Å². The van der Waals surface area contributed by atoms with Crippen LogP contribution in [0.2, 0.25) is 0 Å². The molecular weight excluding hydrogens is 300 g/mol. The van der Waals surface area contributed by atoms with E-state index in [1.165, 1.54) is 16.2 Å². The maximum atomic E-state index is 12.2. The molecule has 0 radical (unpaired) electrons. The predicted octanol–water partition coefficient (Wildman–Crippen LogP) is 4.04. The van der Waals surface area contributed by atoms with Gasteiger partial charge in [0.1, 0.15) is 0 Å². The second-order valence-corrected chi connectivity index (χ2v) is 7.95. The van der Waals surface area contributed by atoms with E-state index in [4.69, 9.17) is 0 Å². The molecule has 0 saturated heterocycles. The number of carbonyl (C=O) groups is 1. The summed E-state index contributed by atoms with van der Waals surface area (Å²) < 4.78 is 1.98. The van der Waals surface area contributed by atoms with Crippen LogP contribution < -0.4 is 4.80 Å². The maximum absolute atomic E-state index is 12.2. The zero-order valence-electron chi connectivity index (χ0n) is 13.0. The van der Waals surface area contributed by atoms with Gasteiger partial charge in [0.2, 0.25) is 0 Å². The first-order valence-corrected chi connectivity index (χ1v) is 8.78. The lowest BCUT2D eigenvalue weighted by atomic mass is 9.96. The van der Waals surface area contributed by atoms with Crippen LogP contribution in [-0.4, -0.2) is 16.7 Å². The number of aromatic nitrogens is 1. The van der Waals surface area contributed by atoms with Crippen LogP contribution in [0.4, 0.5) is 0 Å². The Labute approximate surface area is 133 Å². The smallest absolute Gasteiger partial charge is 0.253 e. The average Bonchev–Trinajstić information content (AvgIpc) is 2.78. The molecule has 112 valence electrons. The van der Waals surface area contributed by atoms with Gasteiger partial charge in [-0.1, -0.05) is 20.8 Å². The third-order valence-electron chi connectivity index (χ3n) is 2.96. The summed E-state index contributed by atoms with van der Waals surface area (Å²) in [5.74, 6) is -0.0983. The normalized spacial score (nSPS) is 12.7. The van der Waals surface area contributed by atoms with Crippen LogP contribution >= 0.6 is 23.1 Å². The van der Waals surface area contributed by atoms with Crippen molar-refractivity contribution in [2.75, 3.05) is 6.26 Å². The Balaban J connectivity index is 2.50. The van der Waals surface area contributed by atoms with Crippen molar-refractivity contribution in [1.82, 2.24) is 4.57 Å². The van der Waals surface area contributed by atoms with Crippen LogP contribution in [0, 0.1) is 12.3 Å². The number of hydrogen-bond donors (Lipinski definition) is 0. The third-order valence-corrected chi connectivity index (χ3v) is 4.60. The van der Waals surface area contributed by atoms with Crippen LogP contribution in [0.25, 0.3) is 5.69 Å². The SMILES string of the molecule is CSc1ccc(-n2cc(C)s/c2=N\C(=O)C(C)(C)C)cc1. The molecule has 0 N–H and O–H groups in total. The molecule has 1 heterocycles. The molecular formula is C16H20N2OS2. The minimum Gasteiger partial charge on any atom is -0.292 e. The van der Waals surface area contributed by atoms with Crippen molar-refractivity contribution in [2.45, 2.75) is 32.6 Å². The number of carbonyl (C=O) groups excluding carboxylic acids is 1. The van der Waals surface area contributed by atoms with Gasteiger partial charge in [0.25, 0.3) is 5.91 Å². The molecule has 0 spiro atoms. The molecule has 3 nitrogen and oxygen atoms in total. The van der Waals surface area contributed by atoms with Gasteiger partial charge in [0.15, 0.2) is 4.80 Å². The molecule has 0 aliphatic carbocycles. The lowest BCUT2D eigenvalue weighted by Gasteiger charge is -2.11. The van der Waals surface area contributed by atoms with Gasteiger partial charge in [-0.2, -0.15) is 4.99 Å². The molecule has 1 amide bonds. The van der Waals surface area contributed by atoms with E-state index in [0.29, 0.717) is 0 Å². The molecule has 0 aliphatic heterocycles. The Morgan fingerprint density at radius 3 is 2.38 bits per heavy atom. The van der Waals surface area contributed by atoms with E-state index in [1.54, 1.807) is 11.8 Å². The number of benzene rings is 1. The van der Waals surface area contributed by atoms with E-state index in [1.807, 2.05) is 38.5 Å². The molecule has 1 aromatic carbocycles. The van der Waals surface area contributed by atoms with E-state index in [0.717, 1.165) is 15.4 Å². The van der Waals surface area contributed by atoms with Gasteiger partial charge in [-0.3, -0.25) is 9.36 Å². The van der Waals surface area contributed by atoms with Gasteiger partial charge >= 0.3 is 0 Å². The molecule has 0 fully saturated rings. The number of aryl methyl sites for hydroxylation is 1.